The van der Waals surface area contributed by atoms with E-state index in [0.29, 0.717) is 0 Å². The quantitative estimate of drug-likeness (QED) is 0.178. The monoisotopic (exact) mass is 728 g/mol. The second-order valence-electron chi connectivity index (χ2n) is 14.9. The third-order valence-electron chi connectivity index (χ3n) is 11.9. The van der Waals surface area contributed by atoms with Crippen LogP contribution in [-0.2, 0) is 0 Å². The molecular weight excluding hydrogens is 697 g/mol. The Hall–Kier alpha value is -7.76. The van der Waals surface area contributed by atoms with Gasteiger partial charge in [-0.1, -0.05) is 109 Å². The third-order valence-corrected chi connectivity index (χ3v) is 11.9. The Morgan fingerprint density at radius 1 is 0.263 bits per heavy atom. The largest absolute Gasteiger partial charge is 0.456 e. The Morgan fingerprint density at radius 2 is 0.579 bits per heavy atom. The molecule has 0 saturated carbocycles. The molecule has 266 valence electrons. The lowest BCUT2D eigenvalue weighted by atomic mass is 10.1. The molecule has 57 heavy (non-hydrogen) atoms. The molecule has 13 aromatic rings. The predicted octanol–water partition coefficient (Wildman–Crippen LogP) is 13.7. The summed E-state index contributed by atoms with van der Waals surface area (Å²) in [6.07, 6.45) is 0. The molecule has 0 atom stereocenters. The van der Waals surface area contributed by atoms with Crippen molar-refractivity contribution in [2.75, 3.05) is 0 Å². The first-order chi connectivity index (χ1) is 28.3. The van der Waals surface area contributed by atoms with Crippen molar-refractivity contribution in [1.29, 1.82) is 0 Å². The van der Waals surface area contributed by atoms with Gasteiger partial charge < -0.3 is 4.42 Å². The van der Waals surface area contributed by atoms with E-state index in [-0.39, 0.29) is 0 Å². The number of rotatable bonds is 4. The fraction of sp³-hybridized carbons (Fsp3) is 0. The van der Waals surface area contributed by atoms with Gasteiger partial charge >= 0.3 is 0 Å². The maximum atomic E-state index is 6.60. The maximum absolute atomic E-state index is 6.60. The first-order valence-corrected chi connectivity index (χ1v) is 19.4. The molecule has 0 radical (unpaired) electrons. The van der Waals surface area contributed by atoms with Crippen LogP contribution in [0.1, 0.15) is 0 Å². The van der Waals surface area contributed by atoms with Crippen LogP contribution in [0.15, 0.2) is 199 Å². The van der Waals surface area contributed by atoms with Gasteiger partial charge in [0.2, 0.25) is 0 Å². The van der Waals surface area contributed by atoms with Crippen molar-refractivity contribution >= 4 is 87.6 Å². The molecule has 0 fully saturated rings. The van der Waals surface area contributed by atoms with Crippen molar-refractivity contribution in [1.82, 2.24) is 18.3 Å². The summed E-state index contributed by atoms with van der Waals surface area (Å²) in [6.45, 7) is 0. The molecule has 0 unspecified atom stereocenters. The molecule has 5 aromatic heterocycles. The molecular formula is C52H32N4O. The van der Waals surface area contributed by atoms with Crippen LogP contribution < -0.4 is 0 Å². The lowest BCUT2D eigenvalue weighted by Gasteiger charge is -2.13. The summed E-state index contributed by atoms with van der Waals surface area (Å²) >= 11 is 0. The number of fused-ring (bicyclic) bond motifs is 13. The highest BCUT2D eigenvalue weighted by molar-refractivity contribution is 6.24. The van der Waals surface area contributed by atoms with E-state index in [1.807, 2.05) is 0 Å². The Balaban J connectivity index is 1.10. The minimum Gasteiger partial charge on any atom is -0.456 e. The molecule has 0 aliphatic rings. The average Bonchev–Trinajstić information content (AvgIpc) is 4.06. The summed E-state index contributed by atoms with van der Waals surface area (Å²) in [5.74, 6) is 0. The lowest BCUT2D eigenvalue weighted by Crippen LogP contribution is -2.01. The number of para-hydroxylation sites is 6. The normalized spacial score (nSPS) is 12.2. The van der Waals surface area contributed by atoms with E-state index in [1.165, 1.54) is 54.4 Å². The van der Waals surface area contributed by atoms with E-state index in [4.69, 9.17) is 4.42 Å². The van der Waals surface area contributed by atoms with Gasteiger partial charge in [0, 0.05) is 65.8 Å². The minimum absolute atomic E-state index is 0.864. The lowest BCUT2D eigenvalue weighted by molar-refractivity contribution is 0.669. The number of benzene rings is 8. The first-order valence-electron chi connectivity index (χ1n) is 19.4. The van der Waals surface area contributed by atoms with Gasteiger partial charge in [-0.05, 0) is 84.9 Å². The molecule has 8 aromatic carbocycles. The molecule has 13 rings (SSSR count). The van der Waals surface area contributed by atoms with E-state index in [2.05, 4.69) is 212 Å². The van der Waals surface area contributed by atoms with Crippen LogP contribution in [0.5, 0.6) is 0 Å². The zero-order chi connectivity index (χ0) is 37.2. The highest BCUT2D eigenvalue weighted by Crippen LogP contribution is 2.44. The van der Waals surface area contributed by atoms with Gasteiger partial charge in [0.15, 0.2) is 0 Å². The van der Waals surface area contributed by atoms with Crippen LogP contribution in [0, 0.1) is 0 Å². The van der Waals surface area contributed by atoms with E-state index < -0.39 is 0 Å². The van der Waals surface area contributed by atoms with Gasteiger partial charge in [-0.3, -0.25) is 18.3 Å². The average molecular weight is 729 g/mol. The zero-order valence-electron chi connectivity index (χ0n) is 30.7. The number of hydrogen-bond acceptors (Lipinski definition) is 1. The fourth-order valence-electron chi connectivity index (χ4n) is 9.63. The second kappa shape index (κ2) is 11.4. The van der Waals surface area contributed by atoms with Gasteiger partial charge in [0.25, 0.3) is 0 Å². The first kappa shape index (κ1) is 30.6. The number of furan rings is 1. The molecule has 5 nitrogen and oxygen atoms in total. The Bertz CT molecular complexity index is 3500. The van der Waals surface area contributed by atoms with Crippen molar-refractivity contribution in [3.63, 3.8) is 0 Å². The van der Waals surface area contributed by atoms with Gasteiger partial charge in [-0.2, -0.15) is 0 Å². The Labute approximate surface area is 326 Å². The Morgan fingerprint density at radius 3 is 0.947 bits per heavy atom. The summed E-state index contributed by atoms with van der Waals surface area (Å²) in [5.41, 5.74) is 13.2. The number of nitrogens with zero attached hydrogens (tertiary/aromatic N) is 4. The van der Waals surface area contributed by atoms with Gasteiger partial charge in [0.05, 0.1) is 22.1 Å². The highest BCUT2D eigenvalue weighted by Gasteiger charge is 2.24. The highest BCUT2D eigenvalue weighted by atomic mass is 16.3. The van der Waals surface area contributed by atoms with Crippen LogP contribution in [0.3, 0.4) is 0 Å². The summed E-state index contributed by atoms with van der Waals surface area (Å²) in [7, 11) is 0. The van der Waals surface area contributed by atoms with Gasteiger partial charge in [-0.25, -0.2) is 0 Å². The van der Waals surface area contributed by atoms with Gasteiger partial charge in [0.1, 0.15) is 22.5 Å². The van der Waals surface area contributed by atoms with Crippen LogP contribution in [-0.4, -0.2) is 18.3 Å². The van der Waals surface area contributed by atoms with Crippen LogP contribution in [0.4, 0.5) is 0 Å². The summed E-state index contributed by atoms with van der Waals surface area (Å²) in [4.78, 5) is 0. The topological polar surface area (TPSA) is 32.9 Å². The van der Waals surface area contributed by atoms with Crippen molar-refractivity contribution in [2.45, 2.75) is 0 Å². The molecule has 0 aliphatic carbocycles. The van der Waals surface area contributed by atoms with Crippen LogP contribution in [0.25, 0.3) is 110 Å². The van der Waals surface area contributed by atoms with E-state index in [1.54, 1.807) is 0 Å². The standard InChI is InChI=1S/C52H32N4O/c1-3-15-33(16-4-1)53-43-23-11-7-19-37(43)49-39-21-9-13-25-45(39)55(51(49)53)35-27-29-47-41(31-35)42-32-36(28-30-48(42)57-47)56-46-26-14-10-22-40(46)50-38-20-8-12-24-44(38)54(52(50)56)34-17-5-2-6-18-34/h1-32H. The van der Waals surface area contributed by atoms with Crippen molar-refractivity contribution < 1.29 is 4.42 Å². The Kier molecular flexibility index (Phi) is 6.10. The summed E-state index contributed by atoms with van der Waals surface area (Å²) < 4.78 is 16.3. The molecule has 0 spiro atoms. The van der Waals surface area contributed by atoms with Gasteiger partial charge in [-0.15, -0.1) is 0 Å². The number of aromatic nitrogens is 4. The second-order valence-corrected chi connectivity index (χ2v) is 14.9. The SMILES string of the molecule is c1ccc(-n2c3ccccc3c3c4ccccc4n(-c4ccc5oc6ccc(-n7c8ccccc8c8c9ccccc9n(-c9ccccc9)c87)cc6c5c4)c32)cc1. The van der Waals surface area contributed by atoms with Crippen LogP contribution in [0.2, 0.25) is 0 Å². The van der Waals surface area contributed by atoms with Crippen molar-refractivity contribution in [3.8, 4) is 22.7 Å². The van der Waals surface area contributed by atoms with Crippen molar-refractivity contribution in [3.05, 3.63) is 194 Å². The smallest absolute Gasteiger partial charge is 0.135 e. The molecule has 0 aliphatic heterocycles. The van der Waals surface area contributed by atoms with Crippen LogP contribution >= 0.6 is 0 Å². The molecule has 5 heteroatoms. The summed E-state index contributed by atoms with van der Waals surface area (Å²) in [5, 5.41) is 9.60. The molecule has 0 bridgehead atoms. The third kappa shape index (κ3) is 4.12. The maximum Gasteiger partial charge on any atom is 0.135 e. The predicted molar refractivity (Wildman–Crippen MR) is 236 cm³/mol. The minimum atomic E-state index is 0.864. The molecule has 0 amide bonds. The molecule has 0 saturated heterocycles. The van der Waals surface area contributed by atoms with E-state index >= 15 is 0 Å². The van der Waals surface area contributed by atoms with E-state index in [9.17, 15) is 0 Å². The van der Waals surface area contributed by atoms with E-state index in [0.717, 1.165) is 56.0 Å². The number of hydrogen-bond donors (Lipinski definition) is 0. The summed E-state index contributed by atoms with van der Waals surface area (Å²) in [6, 6.07) is 69.8. The zero-order valence-corrected chi connectivity index (χ0v) is 30.7. The fourth-order valence-corrected chi connectivity index (χ4v) is 9.63. The molecule has 0 N–H and O–H groups in total. The molecule has 5 heterocycles. The van der Waals surface area contributed by atoms with Crippen molar-refractivity contribution in [2.24, 2.45) is 0 Å².